The summed E-state index contributed by atoms with van der Waals surface area (Å²) in [5, 5.41) is 4.04. The summed E-state index contributed by atoms with van der Waals surface area (Å²) in [6.07, 6.45) is 2.25. The molecular weight excluding hydrogens is 236 g/mol. The van der Waals surface area contributed by atoms with Gasteiger partial charge in [0.25, 0.3) is 0 Å². The van der Waals surface area contributed by atoms with E-state index in [1.807, 2.05) is 12.1 Å². The third-order valence-electron chi connectivity index (χ3n) is 3.30. The zero-order valence-electron chi connectivity index (χ0n) is 10.3. The number of aryl methyl sites for hydroxylation is 1. The lowest BCUT2D eigenvalue weighted by atomic mass is 10.1. The molecule has 1 fully saturated rings. The Morgan fingerprint density at radius 3 is 2.76 bits per heavy atom. The number of ether oxygens (including phenoxy) is 1. The fourth-order valence-corrected chi connectivity index (χ4v) is 2.09. The first kappa shape index (κ1) is 12.7. The van der Waals surface area contributed by atoms with Crippen molar-refractivity contribution in [3.05, 3.63) is 28.3 Å². The lowest BCUT2D eigenvalue weighted by Gasteiger charge is -2.13. The van der Waals surface area contributed by atoms with Crippen molar-refractivity contribution in [2.45, 2.75) is 31.8 Å². The van der Waals surface area contributed by atoms with Crippen LogP contribution in [0.2, 0.25) is 5.02 Å². The highest BCUT2D eigenvalue weighted by molar-refractivity contribution is 6.32. The number of halogens is 1. The minimum atomic E-state index is 0.0458. The fraction of sp³-hybridized carbons (Fsp3) is 0.538. The average molecular weight is 255 g/mol. The molecule has 17 heavy (non-hydrogen) atoms. The van der Waals surface area contributed by atoms with Crippen molar-refractivity contribution in [3.8, 4) is 5.75 Å². The Kier molecular flexibility index (Phi) is 3.61. The zero-order chi connectivity index (χ0) is 12.5. The Labute approximate surface area is 107 Å². The van der Waals surface area contributed by atoms with Crippen molar-refractivity contribution in [1.29, 1.82) is 0 Å². The molecule has 1 aliphatic carbocycles. The molecule has 1 aliphatic rings. The SMILES string of the molecule is COc1cc(C)c(CNCC2(N)CC2)cc1Cl. The van der Waals surface area contributed by atoms with Crippen LogP contribution in [0.25, 0.3) is 0 Å². The molecule has 94 valence electrons. The first-order chi connectivity index (χ1) is 8.04. The molecule has 2 rings (SSSR count). The quantitative estimate of drug-likeness (QED) is 0.847. The van der Waals surface area contributed by atoms with Gasteiger partial charge in [-0.3, -0.25) is 0 Å². The number of hydrogen-bond acceptors (Lipinski definition) is 3. The summed E-state index contributed by atoms with van der Waals surface area (Å²) in [4.78, 5) is 0. The summed E-state index contributed by atoms with van der Waals surface area (Å²) in [5.74, 6) is 0.727. The van der Waals surface area contributed by atoms with Crippen molar-refractivity contribution in [1.82, 2.24) is 5.32 Å². The molecule has 0 aromatic heterocycles. The number of methoxy groups -OCH3 is 1. The summed E-state index contributed by atoms with van der Waals surface area (Å²) in [5.41, 5.74) is 8.44. The van der Waals surface area contributed by atoms with Crippen LogP contribution < -0.4 is 15.8 Å². The number of hydrogen-bond donors (Lipinski definition) is 2. The van der Waals surface area contributed by atoms with Crippen LogP contribution in [0.3, 0.4) is 0 Å². The van der Waals surface area contributed by atoms with Gasteiger partial charge in [0.05, 0.1) is 12.1 Å². The van der Waals surface area contributed by atoms with E-state index in [9.17, 15) is 0 Å². The highest BCUT2D eigenvalue weighted by atomic mass is 35.5. The third kappa shape index (κ3) is 3.12. The molecule has 0 aliphatic heterocycles. The predicted octanol–water partition coefficient (Wildman–Crippen LogP) is 2.24. The van der Waals surface area contributed by atoms with E-state index in [1.54, 1.807) is 7.11 Å². The van der Waals surface area contributed by atoms with E-state index in [2.05, 4.69) is 12.2 Å². The second kappa shape index (κ2) is 4.84. The van der Waals surface area contributed by atoms with Gasteiger partial charge in [-0.25, -0.2) is 0 Å². The van der Waals surface area contributed by atoms with Crippen LogP contribution in [0.5, 0.6) is 5.75 Å². The number of nitrogens with two attached hydrogens (primary N) is 1. The Hall–Kier alpha value is -0.770. The third-order valence-corrected chi connectivity index (χ3v) is 3.59. The zero-order valence-corrected chi connectivity index (χ0v) is 11.1. The van der Waals surface area contributed by atoms with E-state index in [4.69, 9.17) is 22.1 Å². The monoisotopic (exact) mass is 254 g/mol. The molecule has 0 saturated heterocycles. The second-order valence-electron chi connectivity index (χ2n) is 4.88. The van der Waals surface area contributed by atoms with E-state index >= 15 is 0 Å². The molecule has 0 amide bonds. The summed E-state index contributed by atoms with van der Waals surface area (Å²) in [6, 6.07) is 3.92. The molecular formula is C13H19ClN2O. The van der Waals surface area contributed by atoms with Gasteiger partial charge < -0.3 is 15.8 Å². The van der Waals surface area contributed by atoms with Gasteiger partial charge in [-0.05, 0) is 43.0 Å². The minimum absolute atomic E-state index is 0.0458. The van der Waals surface area contributed by atoms with Crippen molar-refractivity contribution >= 4 is 11.6 Å². The second-order valence-corrected chi connectivity index (χ2v) is 5.29. The Balaban J connectivity index is 1.97. The summed E-state index contributed by atoms with van der Waals surface area (Å²) in [7, 11) is 1.63. The van der Waals surface area contributed by atoms with Gasteiger partial charge in [-0.2, -0.15) is 0 Å². The van der Waals surface area contributed by atoms with Crippen molar-refractivity contribution < 1.29 is 4.74 Å². The van der Waals surface area contributed by atoms with E-state index in [0.29, 0.717) is 5.02 Å². The Morgan fingerprint density at radius 1 is 1.47 bits per heavy atom. The number of nitrogens with one attached hydrogen (secondary N) is 1. The van der Waals surface area contributed by atoms with Gasteiger partial charge >= 0.3 is 0 Å². The highest BCUT2D eigenvalue weighted by Gasteiger charge is 2.37. The molecule has 0 atom stereocenters. The Morgan fingerprint density at radius 2 is 2.18 bits per heavy atom. The van der Waals surface area contributed by atoms with Crippen LogP contribution in [0, 0.1) is 6.92 Å². The van der Waals surface area contributed by atoms with Crippen molar-refractivity contribution in [2.24, 2.45) is 5.73 Å². The lowest BCUT2D eigenvalue weighted by molar-refractivity contribution is 0.414. The standard InChI is InChI=1S/C13H19ClN2O/c1-9-5-12(17-2)11(14)6-10(9)7-16-8-13(15)3-4-13/h5-6,16H,3-4,7-8,15H2,1-2H3. The maximum atomic E-state index is 6.11. The largest absolute Gasteiger partial charge is 0.495 e. The van der Waals surface area contributed by atoms with Gasteiger partial charge in [0.15, 0.2) is 0 Å². The van der Waals surface area contributed by atoms with Gasteiger partial charge in [0.1, 0.15) is 5.75 Å². The summed E-state index contributed by atoms with van der Waals surface area (Å²) < 4.78 is 5.18. The molecule has 0 bridgehead atoms. The predicted molar refractivity (Wildman–Crippen MR) is 70.6 cm³/mol. The van der Waals surface area contributed by atoms with Crippen molar-refractivity contribution in [2.75, 3.05) is 13.7 Å². The number of benzene rings is 1. The Bertz CT molecular complexity index is 416. The first-order valence-electron chi connectivity index (χ1n) is 5.87. The highest BCUT2D eigenvalue weighted by Crippen LogP contribution is 2.31. The maximum absolute atomic E-state index is 6.11. The maximum Gasteiger partial charge on any atom is 0.137 e. The topological polar surface area (TPSA) is 47.3 Å². The minimum Gasteiger partial charge on any atom is -0.495 e. The van der Waals surface area contributed by atoms with Crippen LogP contribution in [0.15, 0.2) is 12.1 Å². The molecule has 0 unspecified atom stereocenters. The van der Waals surface area contributed by atoms with E-state index in [1.165, 1.54) is 11.1 Å². The van der Waals surface area contributed by atoms with Crippen LogP contribution in [0.1, 0.15) is 24.0 Å². The smallest absolute Gasteiger partial charge is 0.137 e. The van der Waals surface area contributed by atoms with E-state index in [-0.39, 0.29) is 5.54 Å². The van der Waals surface area contributed by atoms with Gasteiger partial charge in [-0.15, -0.1) is 0 Å². The molecule has 1 aromatic carbocycles. The number of rotatable bonds is 5. The van der Waals surface area contributed by atoms with Crippen molar-refractivity contribution in [3.63, 3.8) is 0 Å². The van der Waals surface area contributed by atoms with Gasteiger partial charge in [0.2, 0.25) is 0 Å². The molecule has 0 spiro atoms. The van der Waals surface area contributed by atoms with E-state index < -0.39 is 0 Å². The van der Waals surface area contributed by atoms with Crippen LogP contribution in [-0.2, 0) is 6.54 Å². The summed E-state index contributed by atoms with van der Waals surface area (Å²) >= 11 is 6.11. The van der Waals surface area contributed by atoms with Crippen LogP contribution in [0.4, 0.5) is 0 Å². The molecule has 0 heterocycles. The molecule has 1 saturated carbocycles. The fourth-order valence-electron chi connectivity index (χ4n) is 1.83. The molecule has 3 N–H and O–H groups in total. The molecule has 0 radical (unpaired) electrons. The average Bonchev–Trinajstić information content (AvgIpc) is 3.01. The van der Waals surface area contributed by atoms with Gasteiger partial charge in [0, 0.05) is 18.6 Å². The first-order valence-corrected chi connectivity index (χ1v) is 6.24. The van der Waals surface area contributed by atoms with E-state index in [0.717, 1.165) is 31.7 Å². The van der Waals surface area contributed by atoms with Crippen LogP contribution in [-0.4, -0.2) is 19.2 Å². The molecule has 3 nitrogen and oxygen atoms in total. The molecule has 1 aromatic rings. The lowest BCUT2D eigenvalue weighted by Crippen LogP contribution is -2.35. The normalized spacial score (nSPS) is 16.9. The molecule has 4 heteroatoms. The van der Waals surface area contributed by atoms with Crippen LogP contribution >= 0.6 is 11.6 Å². The van der Waals surface area contributed by atoms with Gasteiger partial charge in [-0.1, -0.05) is 11.6 Å². The summed E-state index contributed by atoms with van der Waals surface area (Å²) in [6.45, 7) is 3.73.